The number of fused-ring (bicyclic) bond motifs is 1. The topological polar surface area (TPSA) is 179 Å². The number of benzene rings is 2. The van der Waals surface area contributed by atoms with Gasteiger partial charge in [-0.25, -0.2) is 23.2 Å². The summed E-state index contributed by atoms with van der Waals surface area (Å²) in [4.78, 5) is 29.8. The second-order valence-electron chi connectivity index (χ2n) is 12.8. The van der Waals surface area contributed by atoms with Crippen LogP contribution in [0.1, 0.15) is 61.4 Å². The number of aryl methyl sites for hydroxylation is 1. The number of Topliss-reactive ketones (excluding diaryl/α,β-unsaturated/α-hetero) is 1. The summed E-state index contributed by atoms with van der Waals surface area (Å²) < 4.78 is 31.8. The summed E-state index contributed by atoms with van der Waals surface area (Å²) in [6, 6.07) is 12.3. The Labute approximate surface area is 291 Å². The van der Waals surface area contributed by atoms with Crippen LogP contribution >= 0.6 is 11.3 Å². The number of amides is 1. The van der Waals surface area contributed by atoms with Crippen molar-refractivity contribution < 1.29 is 44.7 Å². The molecule has 0 aliphatic rings. The van der Waals surface area contributed by atoms with E-state index < -0.39 is 22.2 Å². The monoisotopic (exact) mass is 721 g/mol. The molecule has 0 radical (unpaired) electrons. The summed E-state index contributed by atoms with van der Waals surface area (Å²) in [5.74, 6) is 0.339. The number of aromatic nitrogens is 4. The van der Waals surface area contributed by atoms with E-state index in [1.165, 1.54) is 0 Å². The van der Waals surface area contributed by atoms with Gasteiger partial charge in [-0.05, 0) is 43.5 Å². The molecule has 0 fully saturated rings. The number of nitrogens with zero attached hydrogens (tertiary/aromatic N) is 5. The fourth-order valence-corrected chi connectivity index (χ4v) is 6.76. The molecule has 0 bridgehead atoms. The van der Waals surface area contributed by atoms with Crippen molar-refractivity contribution in [3.63, 3.8) is 0 Å². The van der Waals surface area contributed by atoms with Gasteiger partial charge in [0.15, 0.2) is 0 Å². The Morgan fingerprint density at radius 1 is 1.10 bits per heavy atom. The minimum atomic E-state index is -3.90. The maximum absolute atomic E-state index is 13.4. The Hall–Kier alpha value is -3.47. The van der Waals surface area contributed by atoms with Crippen molar-refractivity contribution in [1.29, 1.82) is 0 Å². The molecule has 0 aliphatic carbocycles. The number of ether oxygens (including phenoxy) is 1. The number of aliphatic hydroxyl groups is 1. The van der Waals surface area contributed by atoms with E-state index in [-0.39, 0.29) is 41.5 Å². The average Bonchev–Trinajstić information content (AvgIpc) is 3.63. The van der Waals surface area contributed by atoms with Crippen molar-refractivity contribution in [2.75, 3.05) is 27.7 Å². The number of nitrogens with two attached hydrogens (primary N) is 1. The number of quaternary nitrogens is 1. The number of sulfonamides is 1. The molecule has 2 heterocycles. The van der Waals surface area contributed by atoms with Crippen LogP contribution in [-0.4, -0.2) is 83.5 Å². The van der Waals surface area contributed by atoms with Crippen LogP contribution in [0, 0.1) is 6.92 Å². The van der Waals surface area contributed by atoms with Gasteiger partial charge in [0.1, 0.15) is 42.5 Å². The molecule has 0 spiro atoms. The highest BCUT2D eigenvalue weighted by atomic mass is 35.5. The molecule has 48 heavy (non-hydrogen) atoms. The van der Waals surface area contributed by atoms with Crippen LogP contribution in [0.4, 0.5) is 0 Å². The number of carbonyl (C=O) groups is 2. The number of likely N-dealkylation sites (N-methyl/N-ethyl adjacent to an activating group) is 1. The normalized spacial score (nSPS) is 13.1. The van der Waals surface area contributed by atoms with Crippen molar-refractivity contribution in [2.45, 2.75) is 75.1 Å². The van der Waals surface area contributed by atoms with Crippen LogP contribution in [-0.2, 0) is 32.8 Å². The highest BCUT2D eigenvalue weighted by molar-refractivity contribution is 7.91. The SMILES string of the molecule is Cc1ccc(CNC(=O)[C@H](CCCCCC(=O)C[C@@H](O)C[N+](C)(C)C)n2cc(COc3ccc4nc(S(N)(=O)=O)sc4c3)nn2)cc1.[Cl-]. The summed E-state index contributed by atoms with van der Waals surface area (Å²) in [5.41, 5.74) is 3.12. The molecule has 2 aromatic heterocycles. The molecular weight excluding hydrogens is 678 g/mol. The van der Waals surface area contributed by atoms with Gasteiger partial charge in [-0.15, -0.1) is 16.4 Å². The number of ketones is 1. The number of primary sulfonamides is 1. The summed E-state index contributed by atoms with van der Waals surface area (Å²) >= 11 is 0.960. The van der Waals surface area contributed by atoms with Gasteiger partial charge in [0.05, 0.1) is 37.6 Å². The van der Waals surface area contributed by atoms with Crippen molar-refractivity contribution in [3.8, 4) is 5.75 Å². The quantitative estimate of drug-likeness (QED) is 0.0960. The van der Waals surface area contributed by atoms with Crippen molar-refractivity contribution in [2.24, 2.45) is 5.14 Å². The number of rotatable bonds is 18. The van der Waals surface area contributed by atoms with Gasteiger partial charge in [0, 0.05) is 19.4 Å². The molecule has 262 valence electrons. The van der Waals surface area contributed by atoms with E-state index in [9.17, 15) is 23.1 Å². The van der Waals surface area contributed by atoms with Gasteiger partial charge < -0.3 is 32.1 Å². The lowest BCUT2D eigenvalue weighted by molar-refractivity contribution is -0.873. The molecule has 16 heteroatoms. The van der Waals surface area contributed by atoms with Gasteiger partial charge in [0.2, 0.25) is 10.2 Å². The number of nitrogens with one attached hydrogen (secondary N) is 1. The van der Waals surface area contributed by atoms with E-state index in [0.717, 1.165) is 28.9 Å². The van der Waals surface area contributed by atoms with Crippen LogP contribution in [0.5, 0.6) is 5.75 Å². The van der Waals surface area contributed by atoms with Crippen LogP contribution in [0.2, 0.25) is 0 Å². The molecule has 0 saturated carbocycles. The number of thiazole rings is 1. The van der Waals surface area contributed by atoms with Crippen molar-refractivity contribution in [3.05, 3.63) is 65.5 Å². The van der Waals surface area contributed by atoms with E-state index in [2.05, 4.69) is 20.6 Å². The Bertz CT molecular complexity index is 1770. The third-order valence-electron chi connectivity index (χ3n) is 7.39. The Kier molecular flexibility index (Phi) is 14.0. The molecule has 0 aliphatic heterocycles. The summed E-state index contributed by atoms with van der Waals surface area (Å²) in [6.45, 7) is 2.97. The minimum absolute atomic E-state index is 0. The van der Waals surface area contributed by atoms with Gasteiger partial charge in [-0.1, -0.05) is 47.9 Å². The molecule has 2 aromatic carbocycles. The van der Waals surface area contributed by atoms with E-state index in [1.807, 2.05) is 52.3 Å². The van der Waals surface area contributed by atoms with Crippen molar-refractivity contribution in [1.82, 2.24) is 25.3 Å². The third kappa shape index (κ3) is 12.2. The number of carbonyl (C=O) groups excluding carboxylic acids is 2. The maximum atomic E-state index is 13.4. The van der Waals surface area contributed by atoms with E-state index in [1.54, 1.807) is 29.1 Å². The molecular formula is C32H44ClN7O6S2. The number of hydrogen-bond donors (Lipinski definition) is 3. The fraction of sp³-hybridized carbons (Fsp3) is 0.469. The zero-order valence-corrected chi connectivity index (χ0v) is 30.0. The largest absolute Gasteiger partial charge is 1.00 e. The standard InChI is InChI=1S/C32H43N7O6S2.ClH/c1-22-10-12-23(13-11-22)18-34-31(42)29(9-7-5-6-8-25(40)16-26(41)20-39(2,3)4)38-19-24(36-37-38)21-45-27-14-15-28-30(17-27)46-32(35-28)47(33,43)44;/h10-15,17,19,26,29,41H,5-9,16,18,20-21H2,1-4H3,(H2-,33,34,42,43,44);1H/t26-,29+;/m1./s1. The zero-order valence-electron chi connectivity index (χ0n) is 27.6. The fourth-order valence-electron chi connectivity index (χ4n) is 5.08. The first-order valence-corrected chi connectivity index (χ1v) is 17.8. The van der Waals surface area contributed by atoms with E-state index in [0.29, 0.717) is 64.9 Å². The lowest BCUT2D eigenvalue weighted by atomic mass is 10.0. The molecule has 1 amide bonds. The Morgan fingerprint density at radius 3 is 2.52 bits per heavy atom. The number of halogens is 1. The van der Waals surface area contributed by atoms with Crippen LogP contribution in [0.25, 0.3) is 10.2 Å². The molecule has 2 atom stereocenters. The maximum Gasteiger partial charge on any atom is 0.265 e. The summed E-state index contributed by atoms with van der Waals surface area (Å²) in [6.07, 6.45) is 4.17. The average molecular weight is 722 g/mol. The van der Waals surface area contributed by atoms with E-state index in [4.69, 9.17) is 9.88 Å². The number of hydrogen-bond acceptors (Lipinski definition) is 10. The predicted molar refractivity (Wildman–Crippen MR) is 179 cm³/mol. The first-order valence-electron chi connectivity index (χ1n) is 15.5. The zero-order chi connectivity index (χ0) is 34.2. The van der Waals surface area contributed by atoms with Gasteiger partial charge in [0.25, 0.3) is 10.0 Å². The number of unbranched alkanes of at least 4 members (excludes halogenated alkanes) is 2. The number of aliphatic hydroxyl groups excluding tert-OH is 1. The smallest absolute Gasteiger partial charge is 0.265 e. The van der Waals surface area contributed by atoms with Crippen LogP contribution in [0.15, 0.2) is 53.0 Å². The van der Waals surface area contributed by atoms with Crippen LogP contribution in [0.3, 0.4) is 0 Å². The Morgan fingerprint density at radius 2 is 1.83 bits per heavy atom. The summed E-state index contributed by atoms with van der Waals surface area (Å²) in [7, 11) is 2.03. The van der Waals surface area contributed by atoms with Gasteiger partial charge in [-0.2, -0.15) is 0 Å². The van der Waals surface area contributed by atoms with Gasteiger partial charge >= 0.3 is 0 Å². The lowest BCUT2D eigenvalue weighted by Crippen LogP contribution is -3.00. The molecule has 0 unspecified atom stereocenters. The Balaban J connectivity index is 0.00000625. The first kappa shape index (κ1) is 39.0. The summed E-state index contributed by atoms with van der Waals surface area (Å²) in [5, 5.41) is 26.9. The first-order chi connectivity index (χ1) is 22.2. The van der Waals surface area contributed by atoms with Crippen LogP contribution < -0.4 is 27.6 Å². The third-order valence-corrected chi connectivity index (χ3v) is 9.73. The predicted octanol–water partition coefficient (Wildman–Crippen LogP) is 0.261. The van der Waals surface area contributed by atoms with Gasteiger partial charge in [-0.3, -0.25) is 9.59 Å². The molecule has 0 saturated heterocycles. The lowest BCUT2D eigenvalue weighted by Gasteiger charge is -2.26. The molecule has 13 nitrogen and oxygen atoms in total. The minimum Gasteiger partial charge on any atom is -1.00 e. The molecule has 4 N–H and O–H groups in total. The van der Waals surface area contributed by atoms with E-state index >= 15 is 0 Å². The molecule has 4 aromatic rings. The van der Waals surface area contributed by atoms with Crippen molar-refractivity contribution >= 4 is 43.3 Å². The highest BCUT2D eigenvalue weighted by Crippen LogP contribution is 2.28. The second kappa shape index (κ2) is 17.3. The highest BCUT2D eigenvalue weighted by Gasteiger charge is 2.23. The molecule has 4 rings (SSSR count). The second-order valence-corrected chi connectivity index (χ2v) is 15.6.